The molecule has 1 rings (SSSR count). The van der Waals surface area contributed by atoms with Crippen LogP contribution >= 0.6 is 23.5 Å². The van der Waals surface area contributed by atoms with Crippen LogP contribution in [-0.4, -0.2) is 46.3 Å². The minimum atomic E-state index is -0.191. The Morgan fingerprint density at radius 2 is 1.85 bits per heavy atom. The lowest BCUT2D eigenvalue weighted by molar-refractivity contribution is -0.127. The standard InChI is InChI=1S/C15H30O3S2/c1-4-17-14(3)18-10-5-8-15(9-7-13(2)16)19-11-6-12-20-15/h13-14,16H,4-12H2,1-3H3. The Balaban J connectivity index is 2.29. The van der Waals surface area contributed by atoms with Gasteiger partial charge in [-0.3, -0.25) is 0 Å². The third-order valence-electron chi connectivity index (χ3n) is 3.42. The van der Waals surface area contributed by atoms with Gasteiger partial charge in [0.25, 0.3) is 0 Å². The Morgan fingerprint density at radius 1 is 1.15 bits per heavy atom. The zero-order valence-electron chi connectivity index (χ0n) is 13.1. The number of thioether (sulfide) groups is 2. The SMILES string of the molecule is CCOC(C)OCCCC1(CCC(C)O)SCCCS1. The molecule has 0 spiro atoms. The predicted molar refractivity (Wildman–Crippen MR) is 89.5 cm³/mol. The molecule has 0 amide bonds. The summed E-state index contributed by atoms with van der Waals surface area (Å²) in [7, 11) is 0. The first-order valence-corrected chi connectivity index (χ1v) is 9.74. The van der Waals surface area contributed by atoms with Crippen LogP contribution in [0, 0.1) is 0 Å². The Bertz CT molecular complexity index is 243. The van der Waals surface area contributed by atoms with Crippen LogP contribution in [-0.2, 0) is 9.47 Å². The number of ether oxygens (including phenoxy) is 2. The van der Waals surface area contributed by atoms with Crippen LogP contribution in [0.3, 0.4) is 0 Å². The van der Waals surface area contributed by atoms with Crippen molar-refractivity contribution in [3.05, 3.63) is 0 Å². The summed E-state index contributed by atoms with van der Waals surface area (Å²) >= 11 is 4.17. The summed E-state index contributed by atoms with van der Waals surface area (Å²) in [6.07, 6.45) is 5.25. The fraction of sp³-hybridized carbons (Fsp3) is 1.00. The van der Waals surface area contributed by atoms with E-state index in [0.29, 0.717) is 10.7 Å². The van der Waals surface area contributed by atoms with Crippen molar-refractivity contribution >= 4 is 23.5 Å². The lowest BCUT2D eigenvalue weighted by Crippen LogP contribution is -2.27. The number of aliphatic hydroxyl groups is 1. The van der Waals surface area contributed by atoms with Gasteiger partial charge in [0.2, 0.25) is 0 Å². The molecule has 20 heavy (non-hydrogen) atoms. The molecule has 1 fully saturated rings. The monoisotopic (exact) mass is 322 g/mol. The van der Waals surface area contributed by atoms with Crippen molar-refractivity contribution in [3.63, 3.8) is 0 Å². The summed E-state index contributed by atoms with van der Waals surface area (Å²) in [5, 5.41) is 9.54. The molecule has 1 saturated heterocycles. The van der Waals surface area contributed by atoms with Gasteiger partial charge in [0.15, 0.2) is 6.29 Å². The van der Waals surface area contributed by atoms with Gasteiger partial charge in [0, 0.05) is 13.2 Å². The topological polar surface area (TPSA) is 38.7 Å². The van der Waals surface area contributed by atoms with Gasteiger partial charge in [-0.2, -0.15) is 0 Å². The van der Waals surface area contributed by atoms with Crippen molar-refractivity contribution in [1.82, 2.24) is 0 Å². The minimum absolute atomic E-state index is 0.0972. The zero-order valence-corrected chi connectivity index (χ0v) is 14.7. The normalized spacial score (nSPS) is 21.6. The van der Waals surface area contributed by atoms with Crippen LogP contribution < -0.4 is 0 Å². The molecule has 3 nitrogen and oxygen atoms in total. The summed E-state index contributed by atoms with van der Waals surface area (Å²) in [6.45, 7) is 7.29. The Hall–Kier alpha value is 0.580. The van der Waals surface area contributed by atoms with Gasteiger partial charge < -0.3 is 14.6 Å². The van der Waals surface area contributed by atoms with E-state index in [1.54, 1.807) is 0 Å². The first kappa shape index (κ1) is 18.6. The largest absolute Gasteiger partial charge is 0.393 e. The number of hydrogen-bond acceptors (Lipinski definition) is 5. The van der Waals surface area contributed by atoms with Gasteiger partial charge in [-0.25, -0.2) is 0 Å². The highest BCUT2D eigenvalue weighted by Crippen LogP contribution is 2.48. The Labute approximate surface area is 132 Å². The highest BCUT2D eigenvalue weighted by Gasteiger charge is 2.33. The maximum atomic E-state index is 9.54. The van der Waals surface area contributed by atoms with E-state index in [0.717, 1.165) is 32.3 Å². The zero-order chi connectivity index (χ0) is 14.8. The van der Waals surface area contributed by atoms with Gasteiger partial charge in [-0.1, -0.05) is 0 Å². The van der Waals surface area contributed by atoms with E-state index in [1.165, 1.54) is 17.9 Å². The molecule has 0 bridgehead atoms. The highest BCUT2D eigenvalue weighted by atomic mass is 32.2. The molecule has 1 aliphatic heterocycles. The van der Waals surface area contributed by atoms with Crippen molar-refractivity contribution in [2.75, 3.05) is 24.7 Å². The molecular formula is C15H30O3S2. The summed E-state index contributed by atoms with van der Waals surface area (Å²) in [5.74, 6) is 2.51. The van der Waals surface area contributed by atoms with Gasteiger partial charge in [0.05, 0.1) is 10.2 Å². The molecule has 0 aromatic heterocycles. The van der Waals surface area contributed by atoms with Gasteiger partial charge in [-0.05, 0) is 64.4 Å². The smallest absolute Gasteiger partial charge is 0.154 e. The lowest BCUT2D eigenvalue weighted by Gasteiger charge is -2.36. The van der Waals surface area contributed by atoms with Crippen LogP contribution in [0.25, 0.3) is 0 Å². The molecule has 2 atom stereocenters. The number of aliphatic hydroxyl groups excluding tert-OH is 1. The summed E-state index contributed by atoms with van der Waals surface area (Å²) in [6, 6.07) is 0. The molecule has 1 N–H and O–H groups in total. The van der Waals surface area contributed by atoms with E-state index in [4.69, 9.17) is 9.47 Å². The first-order chi connectivity index (χ1) is 9.58. The van der Waals surface area contributed by atoms with Gasteiger partial charge in [-0.15, -0.1) is 23.5 Å². The minimum Gasteiger partial charge on any atom is -0.393 e. The van der Waals surface area contributed by atoms with Crippen molar-refractivity contribution < 1.29 is 14.6 Å². The second-order valence-electron chi connectivity index (χ2n) is 5.35. The fourth-order valence-corrected chi connectivity index (χ4v) is 5.77. The van der Waals surface area contributed by atoms with E-state index in [2.05, 4.69) is 23.5 Å². The van der Waals surface area contributed by atoms with Crippen LogP contribution in [0.15, 0.2) is 0 Å². The summed E-state index contributed by atoms with van der Waals surface area (Å²) in [4.78, 5) is 0. The van der Waals surface area contributed by atoms with Crippen LogP contribution in [0.4, 0.5) is 0 Å². The van der Waals surface area contributed by atoms with Crippen LogP contribution in [0.5, 0.6) is 0 Å². The molecule has 120 valence electrons. The molecule has 0 saturated carbocycles. The molecule has 0 aromatic rings. The van der Waals surface area contributed by atoms with E-state index in [-0.39, 0.29) is 12.4 Å². The van der Waals surface area contributed by atoms with E-state index in [9.17, 15) is 5.11 Å². The number of hydrogen-bond donors (Lipinski definition) is 1. The van der Waals surface area contributed by atoms with Gasteiger partial charge >= 0.3 is 0 Å². The molecule has 5 heteroatoms. The molecule has 1 aliphatic rings. The number of rotatable bonds is 10. The Morgan fingerprint density at radius 3 is 2.45 bits per heavy atom. The fourth-order valence-electron chi connectivity index (χ4n) is 2.33. The van der Waals surface area contributed by atoms with Gasteiger partial charge in [0.1, 0.15) is 0 Å². The molecule has 2 unspecified atom stereocenters. The molecule has 0 radical (unpaired) electrons. The Kier molecular flexibility index (Phi) is 9.62. The van der Waals surface area contributed by atoms with E-state index < -0.39 is 0 Å². The molecule has 0 aliphatic carbocycles. The van der Waals surface area contributed by atoms with Crippen LogP contribution in [0.1, 0.15) is 52.9 Å². The van der Waals surface area contributed by atoms with Crippen molar-refractivity contribution in [2.24, 2.45) is 0 Å². The average Bonchev–Trinajstić information content (AvgIpc) is 2.43. The second-order valence-corrected chi connectivity index (χ2v) is 8.56. The van der Waals surface area contributed by atoms with E-state index in [1.807, 2.05) is 20.8 Å². The quantitative estimate of drug-likeness (QED) is 0.488. The molecular weight excluding hydrogens is 292 g/mol. The third kappa shape index (κ3) is 7.55. The maximum absolute atomic E-state index is 9.54. The van der Waals surface area contributed by atoms with Crippen LogP contribution in [0.2, 0.25) is 0 Å². The summed E-state index contributed by atoms with van der Waals surface area (Å²) < 4.78 is 11.3. The third-order valence-corrected chi connectivity index (χ3v) is 6.98. The van der Waals surface area contributed by atoms with Crippen molar-refractivity contribution in [1.29, 1.82) is 0 Å². The predicted octanol–water partition coefficient (Wildman–Crippen LogP) is 3.89. The average molecular weight is 323 g/mol. The summed E-state index contributed by atoms with van der Waals surface area (Å²) in [5.41, 5.74) is 0. The first-order valence-electron chi connectivity index (χ1n) is 7.77. The molecule has 1 heterocycles. The molecule has 0 aromatic carbocycles. The van der Waals surface area contributed by atoms with E-state index >= 15 is 0 Å². The lowest BCUT2D eigenvalue weighted by atomic mass is 10.1. The second kappa shape index (κ2) is 10.3. The van der Waals surface area contributed by atoms with Crippen molar-refractivity contribution in [3.8, 4) is 0 Å². The van der Waals surface area contributed by atoms with Crippen molar-refractivity contribution in [2.45, 2.75) is 69.3 Å². The maximum Gasteiger partial charge on any atom is 0.154 e. The highest BCUT2D eigenvalue weighted by molar-refractivity contribution is 8.18.